The van der Waals surface area contributed by atoms with Crippen molar-refractivity contribution >= 4 is 35.9 Å². The Morgan fingerprint density at radius 3 is 1.30 bits per heavy atom. The van der Waals surface area contributed by atoms with Crippen molar-refractivity contribution in [1.29, 1.82) is 0 Å². The van der Waals surface area contributed by atoms with E-state index in [1.54, 1.807) is 0 Å². The molecule has 6 heteroatoms. The highest BCUT2D eigenvalue weighted by Gasteiger charge is 2.52. The van der Waals surface area contributed by atoms with Crippen LogP contribution in [0.5, 0.6) is 0 Å². The zero-order valence-corrected chi connectivity index (χ0v) is 26.9. The van der Waals surface area contributed by atoms with Gasteiger partial charge in [-0.1, -0.05) is 91.0 Å². The van der Waals surface area contributed by atoms with E-state index in [0.717, 1.165) is 23.8 Å². The molecule has 6 rings (SSSR count). The van der Waals surface area contributed by atoms with Crippen molar-refractivity contribution in [2.45, 2.75) is 96.6 Å². The van der Waals surface area contributed by atoms with Crippen LogP contribution in [0.25, 0.3) is 10.8 Å². The van der Waals surface area contributed by atoms with Crippen molar-refractivity contribution in [2.75, 3.05) is 0 Å². The maximum Gasteiger partial charge on any atom is 0.494 e. The average Bonchev–Trinajstić information content (AvgIpc) is 3.32. The lowest BCUT2D eigenvalue weighted by atomic mass is 9.77. The fourth-order valence-electron chi connectivity index (χ4n) is 5.92. The summed E-state index contributed by atoms with van der Waals surface area (Å²) >= 11 is 0. The predicted octanol–water partition coefficient (Wildman–Crippen LogP) is 7.01. The van der Waals surface area contributed by atoms with Crippen LogP contribution in [0.4, 0.5) is 0 Å². The average molecular weight is 574 g/mol. The Morgan fingerprint density at radius 2 is 0.884 bits per heavy atom. The molecular weight excluding hydrogens is 530 g/mol. The molecule has 2 heterocycles. The first kappa shape index (κ1) is 30.1. The molecule has 2 fully saturated rings. The topological polar surface area (TPSA) is 36.9 Å². The second kappa shape index (κ2) is 10.9. The van der Waals surface area contributed by atoms with E-state index in [1.807, 2.05) is 0 Å². The van der Waals surface area contributed by atoms with Gasteiger partial charge in [0.1, 0.15) is 0 Å². The lowest BCUT2D eigenvalue weighted by molar-refractivity contribution is 0.00578. The van der Waals surface area contributed by atoms with Crippen LogP contribution in [0.15, 0.2) is 91.0 Å². The minimum Gasteiger partial charge on any atom is -0.399 e. The summed E-state index contributed by atoms with van der Waals surface area (Å²) in [6, 6.07) is 33.1. The highest BCUT2D eigenvalue weighted by Crippen LogP contribution is 2.38. The molecule has 222 valence electrons. The van der Waals surface area contributed by atoms with E-state index in [9.17, 15) is 0 Å². The number of fused-ring (bicyclic) bond motifs is 1. The molecule has 0 unspecified atom stereocenters. The molecule has 4 aromatic carbocycles. The molecule has 4 nitrogen and oxygen atoms in total. The molecule has 2 aliphatic rings. The molecule has 0 aliphatic carbocycles. The van der Waals surface area contributed by atoms with Crippen molar-refractivity contribution in [3.8, 4) is 0 Å². The molecule has 0 amide bonds. The van der Waals surface area contributed by atoms with Crippen molar-refractivity contribution in [3.05, 3.63) is 108 Å². The number of rotatable bonds is 7. The Kier molecular flexibility index (Phi) is 7.66. The molecule has 0 aromatic heterocycles. The van der Waals surface area contributed by atoms with Crippen molar-refractivity contribution in [3.63, 3.8) is 0 Å². The van der Waals surface area contributed by atoms with Gasteiger partial charge in [0.25, 0.3) is 0 Å². The van der Waals surface area contributed by atoms with E-state index in [1.165, 1.54) is 27.5 Å². The molecular formula is C37H44B2O4. The van der Waals surface area contributed by atoms with Gasteiger partial charge in [-0.15, -0.1) is 0 Å². The fourth-order valence-corrected chi connectivity index (χ4v) is 5.92. The molecule has 2 saturated heterocycles. The summed E-state index contributed by atoms with van der Waals surface area (Å²) in [4.78, 5) is 0. The van der Waals surface area contributed by atoms with Gasteiger partial charge in [0.05, 0.1) is 22.4 Å². The molecule has 0 radical (unpaired) electrons. The van der Waals surface area contributed by atoms with Crippen LogP contribution in [0, 0.1) is 0 Å². The van der Waals surface area contributed by atoms with Crippen LogP contribution in [0.3, 0.4) is 0 Å². The van der Waals surface area contributed by atoms with E-state index < -0.39 is 0 Å². The lowest BCUT2D eigenvalue weighted by Crippen LogP contribution is -2.41. The maximum absolute atomic E-state index is 6.29. The van der Waals surface area contributed by atoms with Gasteiger partial charge < -0.3 is 18.6 Å². The van der Waals surface area contributed by atoms with Crippen LogP contribution in [-0.4, -0.2) is 36.6 Å². The smallest absolute Gasteiger partial charge is 0.399 e. The minimum atomic E-state index is -0.352. The van der Waals surface area contributed by atoms with Gasteiger partial charge >= 0.3 is 14.2 Å². The highest BCUT2D eigenvalue weighted by atomic mass is 16.7. The SMILES string of the molecule is CC1(C)OB(c2ccc(CC(Cc3ccc(B4OC(C)(C)C(C)(C)O4)cc3)c3ccc4ccccc4c3)cc2)OC1(C)C. The van der Waals surface area contributed by atoms with Gasteiger partial charge in [0.2, 0.25) is 0 Å². The molecule has 4 aromatic rings. The van der Waals surface area contributed by atoms with Crippen LogP contribution >= 0.6 is 0 Å². The minimum absolute atomic E-state index is 0.315. The molecule has 43 heavy (non-hydrogen) atoms. The largest absolute Gasteiger partial charge is 0.494 e. The van der Waals surface area contributed by atoms with E-state index in [-0.39, 0.29) is 36.6 Å². The highest BCUT2D eigenvalue weighted by molar-refractivity contribution is 6.62. The second-order valence-electron chi connectivity index (χ2n) is 14.4. The summed E-state index contributed by atoms with van der Waals surface area (Å²) in [5.41, 5.74) is 4.66. The van der Waals surface area contributed by atoms with Crippen LogP contribution in [0.2, 0.25) is 0 Å². The molecule has 0 saturated carbocycles. The second-order valence-corrected chi connectivity index (χ2v) is 14.4. The first-order chi connectivity index (χ1) is 20.2. The van der Waals surface area contributed by atoms with E-state index in [2.05, 4.69) is 146 Å². The van der Waals surface area contributed by atoms with Gasteiger partial charge in [-0.2, -0.15) is 0 Å². The van der Waals surface area contributed by atoms with Crippen LogP contribution < -0.4 is 10.9 Å². The Labute approximate surface area is 258 Å². The monoisotopic (exact) mass is 574 g/mol. The van der Waals surface area contributed by atoms with Gasteiger partial charge in [-0.05, 0) is 113 Å². The summed E-state index contributed by atoms with van der Waals surface area (Å²) < 4.78 is 25.2. The van der Waals surface area contributed by atoms with Crippen molar-refractivity contribution in [2.24, 2.45) is 0 Å². The summed E-state index contributed by atoms with van der Waals surface area (Å²) in [6.45, 7) is 16.8. The third kappa shape index (κ3) is 5.95. The predicted molar refractivity (Wildman–Crippen MR) is 178 cm³/mol. The standard InChI is InChI=1S/C37H44B2O4/c1-34(2)35(3,4)41-38(40-34)32-19-13-26(14-20-32)23-31(30-18-17-28-11-9-10-12-29(28)25-30)24-27-15-21-33(22-16-27)39-42-36(5,6)37(7,8)43-39/h9-22,25,31H,23-24H2,1-8H3. The first-order valence-electron chi connectivity index (χ1n) is 15.6. The van der Waals surface area contributed by atoms with E-state index in [4.69, 9.17) is 18.6 Å². The fraction of sp³-hybridized carbons (Fsp3) is 0.405. The van der Waals surface area contributed by atoms with Crippen molar-refractivity contribution < 1.29 is 18.6 Å². The summed E-state index contributed by atoms with van der Waals surface area (Å²) in [7, 11) is -0.698. The van der Waals surface area contributed by atoms with E-state index in [0.29, 0.717) is 5.92 Å². The Hall–Kier alpha value is -2.89. The Morgan fingerprint density at radius 1 is 0.488 bits per heavy atom. The molecule has 0 N–H and O–H groups in total. The third-order valence-electron chi connectivity index (χ3n) is 10.2. The zero-order chi connectivity index (χ0) is 30.6. The number of hydrogen-bond acceptors (Lipinski definition) is 4. The number of hydrogen-bond donors (Lipinski definition) is 0. The van der Waals surface area contributed by atoms with Gasteiger partial charge in [-0.25, -0.2) is 0 Å². The van der Waals surface area contributed by atoms with Crippen LogP contribution in [-0.2, 0) is 31.5 Å². The van der Waals surface area contributed by atoms with Gasteiger partial charge in [0.15, 0.2) is 0 Å². The van der Waals surface area contributed by atoms with Crippen molar-refractivity contribution in [1.82, 2.24) is 0 Å². The Balaban J connectivity index is 1.23. The summed E-state index contributed by atoms with van der Waals surface area (Å²) in [5.74, 6) is 0.315. The normalized spacial score (nSPS) is 20.3. The first-order valence-corrected chi connectivity index (χ1v) is 15.6. The summed E-state index contributed by atoms with van der Waals surface area (Å²) in [6.07, 6.45) is 1.86. The molecule has 0 atom stereocenters. The number of benzene rings is 4. The zero-order valence-electron chi connectivity index (χ0n) is 26.9. The molecule has 2 aliphatic heterocycles. The van der Waals surface area contributed by atoms with E-state index >= 15 is 0 Å². The maximum atomic E-state index is 6.29. The quantitative estimate of drug-likeness (QED) is 0.223. The van der Waals surface area contributed by atoms with Crippen LogP contribution in [0.1, 0.15) is 78.0 Å². The molecule has 0 bridgehead atoms. The third-order valence-corrected chi connectivity index (χ3v) is 10.2. The molecule has 0 spiro atoms. The summed E-state index contributed by atoms with van der Waals surface area (Å²) in [5, 5.41) is 2.54. The van der Waals surface area contributed by atoms with Gasteiger partial charge in [-0.3, -0.25) is 0 Å². The van der Waals surface area contributed by atoms with Gasteiger partial charge in [0, 0.05) is 0 Å². The lowest BCUT2D eigenvalue weighted by Gasteiger charge is -2.32. The Bertz CT molecular complexity index is 1480.